The summed E-state index contributed by atoms with van der Waals surface area (Å²) in [4.78, 5) is 4.28. The van der Waals surface area contributed by atoms with Gasteiger partial charge in [-0.15, -0.1) is 0 Å². The number of hydrogen-bond donors (Lipinski definition) is 2. The minimum absolute atomic E-state index is 0.535. The van der Waals surface area contributed by atoms with Gasteiger partial charge in [0.1, 0.15) is 12.4 Å². The number of guanidine groups is 1. The molecule has 7 nitrogen and oxygen atoms in total. The van der Waals surface area contributed by atoms with Crippen LogP contribution in [0.5, 0.6) is 5.75 Å². The lowest BCUT2D eigenvalue weighted by Crippen LogP contribution is -2.37. The molecule has 28 heavy (non-hydrogen) atoms. The normalized spacial score (nSPS) is 17.0. The number of nitrogens with zero attached hydrogens (tertiary/aromatic N) is 1. The molecule has 1 heterocycles. The smallest absolute Gasteiger partial charge is 0.191 e. The predicted octanol–water partition coefficient (Wildman–Crippen LogP) is 2.13. The molecule has 1 aliphatic rings. The van der Waals surface area contributed by atoms with E-state index in [1.807, 2.05) is 0 Å². The zero-order chi connectivity index (χ0) is 20.0. The highest BCUT2D eigenvalue weighted by Gasteiger charge is 2.15. The van der Waals surface area contributed by atoms with Crippen molar-refractivity contribution in [3.63, 3.8) is 0 Å². The highest BCUT2D eigenvalue weighted by molar-refractivity contribution is 5.79. The lowest BCUT2D eigenvalue weighted by atomic mass is 10.1. The Bertz CT molecular complexity index is 589. The van der Waals surface area contributed by atoms with Crippen molar-refractivity contribution in [1.82, 2.24) is 10.6 Å². The monoisotopic (exact) mass is 393 g/mol. The third kappa shape index (κ3) is 8.46. The first-order valence-electron chi connectivity index (χ1n) is 10.0. The molecule has 0 bridgehead atoms. The molecule has 0 radical (unpaired) electrons. The number of aryl methyl sites for hydroxylation is 1. The second-order valence-corrected chi connectivity index (χ2v) is 6.96. The summed E-state index contributed by atoms with van der Waals surface area (Å²) in [6, 6.07) is 6.22. The minimum atomic E-state index is 0.535. The standard InChI is InChI=1S/C21H35N3O4/c1-17-5-6-19(20(13-17)28-12-11-25-3)14-24-21(22-2)23-8-4-9-26-15-18-7-10-27-16-18/h5-6,13,18H,4,7-12,14-16H2,1-3H3,(H2,22,23,24). The summed E-state index contributed by atoms with van der Waals surface area (Å²) in [5.41, 5.74) is 2.26. The summed E-state index contributed by atoms with van der Waals surface area (Å²) in [6.07, 6.45) is 2.05. The van der Waals surface area contributed by atoms with Gasteiger partial charge < -0.3 is 29.6 Å². The predicted molar refractivity (Wildman–Crippen MR) is 111 cm³/mol. The van der Waals surface area contributed by atoms with Gasteiger partial charge in [-0.1, -0.05) is 12.1 Å². The van der Waals surface area contributed by atoms with E-state index in [-0.39, 0.29) is 0 Å². The summed E-state index contributed by atoms with van der Waals surface area (Å²) < 4.78 is 22.0. The zero-order valence-electron chi connectivity index (χ0n) is 17.5. The Kier molecular flexibility index (Phi) is 10.7. The van der Waals surface area contributed by atoms with Gasteiger partial charge in [0, 0.05) is 51.9 Å². The Labute approximate surface area is 168 Å². The number of rotatable bonds is 12. The maximum atomic E-state index is 5.84. The Hall–Kier alpha value is -1.83. The van der Waals surface area contributed by atoms with Crippen LogP contribution < -0.4 is 15.4 Å². The van der Waals surface area contributed by atoms with E-state index in [9.17, 15) is 0 Å². The molecule has 1 saturated heterocycles. The molecule has 0 saturated carbocycles. The Balaban J connectivity index is 1.66. The summed E-state index contributed by atoms with van der Waals surface area (Å²) >= 11 is 0. The van der Waals surface area contributed by atoms with E-state index in [0.29, 0.717) is 25.7 Å². The number of methoxy groups -OCH3 is 1. The van der Waals surface area contributed by atoms with E-state index in [1.54, 1.807) is 14.2 Å². The lowest BCUT2D eigenvalue weighted by Gasteiger charge is -2.15. The van der Waals surface area contributed by atoms with Crippen molar-refractivity contribution in [2.24, 2.45) is 10.9 Å². The molecule has 2 N–H and O–H groups in total. The highest BCUT2D eigenvalue weighted by atomic mass is 16.5. The maximum absolute atomic E-state index is 5.84. The van der Waals surface area contributed by atoms with Gasteiger partial charge in [0.25, 0.3) is 0 Å². The van der Waals surface area contributed by atoms with Gasteiger partial charge >= 0.3 is 0 Å². The molecular weight excluding hydrogens is 358 g/mol. The minimum Gasteiger partial charge on any atom is -0.491 e. The van der Waals surface area contributed by atoms with Gasteiger partial charge in [0.15, 0.2) is 5.96 Å². The highest BCUT2D eigenvalue weighted by Crippen LogP contribution is 2.20. The average molecular weight is 394 g/mol. The van der Waals surface area contributed by atoms with E-state index in [4.69, 9.17) is 18.9 Å². The second kappa shape index (κ2) is 13.4. The van der Waals surface area contributed by atoms with Crippen LogP contribution in [0.15, 0.2) is 23.2 Å². The first-order valence-corrected chi connectivity index (χ1v) is 10.0. The molecular formula is C21H35N3O4. The van der Waals surface area contributed by atoms with Crippen LogP contribution >= 0.6 is 0 Å². The quantitative estimate of drug-likeness (QED) is 0.322. The topological polar surface area (TPSA) is 73.3 Å². The van der Waals surface area contributed by atoms with Crippen molar-refractivity contribution in [2.75, 3.05) is 60.3 Å². The summed E-state index contributed by atoms with van der Waals surface area (Å²) in [7, 11) is 3.45. The van der Waals surface area contributed by atoms with Crippen molar-refractivity contribution in [2.45, 2.75) is 26.3 Å². The number of ether oxygens (including phenoxy) is 4. The van der Waals surface area contributed by atoms with Gasteiger partial charge in [0.05, 0.1) is 19.8 Å². The van der Waals surface area contributed by atoms with E-state index in [1.165, 1.54) is 5.56 Å². The molecule has 1 aromatic carbocycles. The fourth-order valence-electron chi connectivity index (χ4n) is 2.92. The van der Waals surface area contributed by atoms with E-state index >= 15 is 0 Å². The maximum Gasteiger partial charge on any atom is 0.191 e. The Morgan fingerprint density at radius 1 is 1.25 bits per heavy atom. The fraction of sp³-hybridized carbons (Fsp3) is 0.667. The SMILES string of the molecule is CN=C(NCCCOCC1CCOC1)NCc1ccc(C)cc1OCCOC. The van der Waals surface area contributed by atoms with Gasteiger partial charge in [0.2, 0.25) is 0 Å². The third-order valence-electron chi connectivity index (χ3n) is 4.57. The Morgan fingerprint density at radius 2 is 2.14 bits per heavy atom. The molecule has 7 heteroatoms. The fourth-order valence-corrected chi connectivity index (χ4v) is 2.92. The van der Waals surface area contributed by atoms with Gasteiger partial charge in [-0.3, -0.25) is 4.99 Å². The van der Waals surface area contributed by atoms with Crippen LogP contribution in [0.25, 0.3) is 0 Å². The van der Waals surface area contributed by atoms with Gasteiger partial charge in [-0.05, 0) is 31.4 Å². The summed E-state index contributed by atoms with van der Waals surface area (Å²) in [6.45, 7) is 7.87. The second-order valence-electron chi connectivity index (χ2n) is 6.96. The van der Waals surface area contributed by atoms with Gasteiger partial charge in [-0.2, -0.15) is 0 Å². The van der Waals surface area contributed by atoms with Crippen molar-refractivity contribution in [1.29, 1.82) is 0 Å². The molecule has 0 spiro atoms. The van der Waals surface area contributed by atoms with Crippen LogP contribution in [0.4, 0.5) is 0 Å². The van der Waals surface area contributed by atoms with E-state index in [0.717, 1.165) is 63.1 Å². The molecule has 0 aromatic heterocycles. The van der Waals surface area contributed by atoms with Crippen LogP contribution in [0.1, 0.15) is 24.0 Å². The van der Waals surface area contributed by atoms with Crippen molar-refractivity contribution < 1.29 is 18.9 Å². The van der Waals surface area contributed by atoms with Crippen LogP contribution in [0, 0.1) is 12.8 Å². The van der Waals surface area contributed by atoms with Gasteiger partial charge in [-0.25, -0.2) is 0 Å². The molecule has 2 rings (SSSR count). The molecule has 0 aliphatic carbocycles. The molecule has 0 amide bonds. The molecule has 1 atom stereocenters. The third-order valence-corrected chi connectivity index (χ3v) is 4.57. The number of hydrogen-bond acceptors (Lipinski definition) is 5. The Morgan fingerprint density at radius 3 is 2.89 bits per heavy atom. The molecule has 1 unspecified atom stereocenters. The van der Waals surface area contributed by atoms with Crippen molar-refractivity contribution >= 4 is 5.96 Å². The van der Waals surface area contributed by atoms with Crippen LogP contribution in [0.3, 0.4) is 0 Å². The van der Waals surface area contributed by atoms with Crippen molar-refractivity contribution in [3.05, 3.63) is 29.3 Å². The number of aliphatic imine (C=N–C) groups is 1. The van der Waals surface area contributed by atoms with Crippen LogP contribution in [0.2, 0.25) is 0 Å². The van der Waals surface area contributed by atoms with Crippen LogP contribution in [-0.2, 0) is 20.8 Å². The summed E-state index contributed by atoms with van der Waals surface area (Å²) in [5.74, 6) is 2.22. The number of benzene rings is 1. The largest absolute Gasteiger partial charge is 0.491 e. The van der Waals surface area contributed by atoms with Crippen LogP contribution in [-0.4, -0.2) is 66.3 Å². The molecule has 158 valence electrons. The molecule has 1 fully saturated rings. The van der Waals surface area contributed by atoms with E-state index < -0.39 is 0 Å². The summed E-state index contributed by atoms with van der Waals surface area (Å²) in [5, 5.41) is 6.67. The molecule has 1 aliphatic heterocycles. The van der Waals surface area contributed by atoms with Crippen molar-refractivity contribution in [3.8, 4) is 5.75 Å². The first kappa shape index (κ1) is 22.5. The van der Waals surface area contributed by atoms with E-state index in [2.05, 4.69) is 40.7 Å². The first-order chi connectivity index (χ1) is 13.7. The average Bonchev–Trinajstić information content (AvgIpc) is 3.21. The zero-order valence-corrected chi connectivity index (χ0v) is 17.5. The lowest BCUT2D eigenvalue weighted by molar-refractivity contribution is 0.0888. The molecule has 1 aromatic rings. The number of nitrogens with one attached hydrogen (secondary N) is 2.